The quantitative estimate of drug-likeness (QED) is 0.752. The van der Waals surface area contributed by atoms with Gasteiger partial charge in [-0.3, -0.25) is 4.90 Å². The third kappa shape index (κ3) is 4.25. The summed E-state index contributed by atoms with van der Waals surface area (Å²) in [5, 5.41) is 12.1. The molecule has 22 heavy (non-hydrogen) atoms. The first-order valence-electron chi connectivity index (χ1n) is 8.40. The van der Waals surface area contributed by atoms with E-state index in [-0.39, 0.29) is 0 Å². The Morgan fingerprint density at radius 2 is 2.09 bits per heavy atom. The van der Waals surface area contributed by atoms with Gasteiger partial charge >= 0.3 is 0 Å². The number of nitriles is 1. The highest BCUT2D eigenvalue weighted by atomic mass is 15.3. The molecule has 2 heterocycles. The maximum absolute atomic E-state index is 8.62. The third-order valence-corrected chi connectivity index (χ3v) is 4.64. The van der Waals surface area contributed by atoms with Crippen molar-refractivity contribution in [2.24, 2.45) is 5.73 Å². The molecule has 0 radical (unpaired) electrons. The van der Waals surface area contributed by atoms with Crippen molar-refractivity contribution in [1.82, 2.24) is 15.1 Å². The molecule has 0 bridgehead atoms. The van der Waals surface area contributed by atoms with Crippen LogP contribution in [0, 0.1) is 11.3 Å². The fourth-order valence-electron chi connectivity index (χ4n) is 3.20. The highest BCUT2D eigenvalue weighted by Gasteiger charge is 2.22. The molecule has 1 saturated heterocycles. The van der Waals surface area contributed by atoms with Gasteiger partial charge in [-0.05, 0) is 38.0 Å². The molecule has 0 saturated carbocycles. The van der Waals surface area contributed by atoms with E-state index in [1.54, 1.807) is 0 Å². The monoisotopic (exact) mass is 303 g/mol. The molecule has 0 aromatic carbocycles. The number of unbranched alkanes of at least 4 members (excludes halogenated alkanes) is 1. The zero-order chi connectivity index (χ0) is 15.9. The van der Waals surface area contributed by atoms with E-state index < -0.39 is 0 Å². The Labute approximate surface area is 134 Å². The van der Waals surface area contributed by atoms with Crippen LogP contribution in [-0.2, 0) is 0 Å². The van der Waals surface area contributed by atoms with Crippen LogP contribution in [0.4, 0.5) is 0 Å². The second kappa shape index (κ2) is 8.21. The van der Waals surface area contributed by atoms with Gasteiger partial charge in [-0.1, -0.05) is 6.92 Å². The van der Waals surface area contributed by atoms with Crippen molar-refractivity contribution in [3.8, 4) is 6.07 Å². The van der Waals surface area contributed by atoms with Crippen LogP contribution in [0.5, 0.6) is 0 Å². The standard InChI is InChI=1S/C17H29N5/c1-3-16-15(19)12-17(14(2)13-20-16)22-10-8-21(9-11-22)7-5-4-6-18/h12,16,20H,3-5,7-11,13,19H2,1-2H3. The first-order valence-corrected chi connectivity index (χ1v) is 8.40. The van der Waals surface area contributed by atoms with E-state index in [0.717, 1.165) is 57.8 Å². The van der Waals surface area contributed by atoms with E-state index in [0.29, 0.717) is 12.5 Å². The number of piperazine rings is 1. The molecular formula is C17H29N5. The van der Waals surface area contributed by atoms with E-state index >= 15 is 0 Å². The molecule has 0 amide bonds. The van der Waals surface area contributed by atoms with Gasteiger partial charge < -0.3 is 16.0 Å². The summed E-state index contributed by atoms with van der Waals surface area (Å²) in [5.41, 5.74) is 9.88. The number of rotatable bonds is 5. The van der Waals surface area contributed by atoms with Gasteiger partial charge in [0.05, 0.1) is 6.07 Å². The lowest BCUT2D eigenvalue weighted by atomic mass is 10.1. The maximum atomic E-state index is 8.62. The molecule has 1 unspecified atom stereocenters. The Hall–Kier alpha value is -1.51. The van der Waals surface area contributed by atoms with Crippen LogP contribution < -0.4 is 11.1 Å². The Kier molecular flexibility index (Phi) is 6.29. The first-order chi connectivity index (χ1) is 10.7. The summed E-state index contributed by atoms with van der Waals surface area (Å²) in [4.78, 5) is 4.92. The third-order valence-electron chi connectivity index (χ3n) is 4.64. The van der Waals surface area contributed by atoms with Gasteiger partial charge in [0, 0.05) is 56.6 Å². The van der Waals surface area contributed by atoms with Gasteiger partial charge in [-0.15, -0.1) is 0 Å². The van der Waals surface area contributed by atoms with Crippen LogP contribution in [-0.4, -0.2) is 55.1 Å². The van der Waals surface area contributed by atoms with Crippen LogP contribution in [0.3, 0.4) is 0 Å². The highest BCUT2D eigenvalue weighted by Crippen LogP contribution is 2.20. The van der Waals surface area contributed by atoms with Crippen molar-refractivity contribution in [3.63, 3.8) is 0 Å². The maximum Gasteiger partial charge on any atom is 0.0622 e. The molecule has 0 aromatic heterocycles. The van der Waals surface area contributed by atoms with Crippen LogP contribution in [0.1, 0.15) is 33.1 Å². The van der Waals surface area contributed by atoms with Gasteiger partial charge in [0.1, 0.15) is 0 Å². The van der Waals surface area contributed by atoms with Crippen molar-refractivity contribution in [1.29, 1.82) is 5.26 Å². The molecule has 3 N–H and O–H groups in total. The Morgan fingerprint density at radius 3 is 2.73 bits per heavy atom. The lowest BCUT2D eigenvalue weighted by Crippen LogP contribution is -2.46. The molecule has 0 aromatic rings. The van der Waals surface area contributed by atoms with Crippen molar-refractivity contribution in [2.75, 3.05) is 39.3 Å². The van der Waals surface area contributed by atoms with E-state index in [4.69, 9.17) is 11.0 Å². The summed E-state index contributed by atoms with van der Waals surface area (Å²) in [6.07, 6.45) is 4.84. The molecule has 1 fully saturated rings. The molecule has 2 rings (SSSR count). The smallest absolute Gasteiger partial charge is 0.0622 e. The second-order valence-electron chi connectivity index (χ2n) is 6.24. The predicted molar refractivity (Wildman–Crippen MR) is 89.9 cm³/mol. The predicted octanol–water partition coefficient (Wildman–Crippen LogP) is 1.41. The van der Waals surface area contributed by atoms with Gasteiger partial charge in [0.25, 0.3) is 0 Å². The number of nitrogens with two attached hydrogens (primary N) is 1. The van der Waals surface area contributed by atoms with Gasteiger partial charge in [-0.2, -0.15) is 5.26 Å². The second-order valence-corrected chi connectivity index (χ2v) is 6.24. The van der Waals surface area contributed by atoms with Crippen molar-refractivity contribution in [2.45, 2.75) is 39.2 Å². The number of allylic oxidation sites excluding steroid dienone is 1. The Bertz CT molecular complexity index is 466. The average Bonchev–Trinajstić information content (AvgIpc) is 2.67. The van der Waals surface area contributed by atoms with Gasteiger partial charge in [-0.25, -0.2) is 0 Å². The zero-order valence-electron chi connectivity index (χ0n) is 13.9. The van der Waals surface area contributed by atoms with Crippen molar-refractivity contribution in [3.05, 3.63) is 23.0 Å². The summed E-state index contributed by atoms with van der Waals surface area (Å²) in [6.45, 7) is 10.5. The minimum Gasteiger partial charge on any atom is -0.401 e. The zero-order valence-corrected chi connectivity index (χ0v) is 13.9. The lowest BCUT2D eigenvalue weighted by Gasteiger charge is -2.37. The highest BCUT2D eigenvalue weighted by molar-refractivity contribution is 5.32. The minimum atomic E-state index is 0.291. The summed E-state index contributed by atoms with van der Waals surface area (Å²) >= 11 is 0. The van der Waals surface area contributed by atoms with Gasteiger partial charge in [0.15, 0.2) is 0 Å². The van der Waals surface area contributed by atoms with E-state index in [9.17, 15) is 0 Å². The number of hydrogen-bond donors (Lipinski definition) is 2. The molecular weight excluding hydrogens is 274 g/mol. The number of nitrogens with one attached hydrogen (secondary N) is 1. The normalized spacial score (nSPS) is 24.0. The lowest BCUT2D eigenvalue weighted by molar-refractivity contribution is 0.160. The molecule has 2 aliphatic heterocycles. The van der Waals surface area contributed by atoms with Crippen LogP contribution in [0.2, 0.25) is 0 Å². The fraction of sp³-hybridized carbons (Fsp3) is 0.706. The summed E-state index contributed by atoms with van der Waals surface area (Å²) < 4.78 is 0. The Balaban J connectivity index is 1.95. The number of nitrogens with zero attached hydrogens (tertiary/aromatic N) is 3. The average molecular weight is 303 g/mol. The minimum absolute atomic E-state index is 0.291. The fourth-order valence-corrected chi connectivity index (χ4v) is 3.20. The molecule has 122 valence electrons. The topological polar surface area (TPSA) is 68.3 Å². The first kappa shape index (κ1) is 16.9. The molecule has 5 heteroatoms. The van der Waals surface area contributed by atoms with Crippen LogP contribution in [0.15, 0.2) is 23.0 Å². The summed E-state index contributed by atoms with van der Waals surface area (Å²) in [7, 11) is 0. The summed E-state index contributed by atoms with van der Waals surface area (Å²) in [5.74, 6) is 0. The van der Waals surface area contributed by atoms with Gasteiger partial charge in [0.2, 0.25) is 0 Å². The largest absolute Gasteiger partial charge is 0.401 e. The van der Waals surface area contributed by atoms with Crippen molar-refractivity contribution >= 4 is 0 Å². The number of hydrogen-bond acceptors (Lipinski definition) is 5. The molecule has 0 spiro atoms. The summed E-state index contributed by atoms with van der Waals surface area (Å²) in [6, 6.07) is 2.51. The molecule has 2 aliphatic rings. The SMILES string of the molecule is CCC1NCC(C)=C(N2CCN(CCCC#N)CC2)C=C1N. The van der Waals surface area contributed by atoms with Crippen LogP contribution in [0.25, 0.3) is 0 Å². The Morgan fingerprint density at radius 1 is 1.36 bits per heavy atom. The van der Waals surface area contributed by atoms with E-state index in [1.807, 2.05) is 0 Å². The van der Waals surface area contributed by atoms with E-state index in [2.05, 4.69) is 41.1 Å². The van der Waals surface area contributed by atoms with E-state index in [1.165, 1.54) is 11.3 Å². The van der Waals surface area contributed by atoms with Crippen LogP contribution >= 0.6 is 0 Å². The molecule has 1 atom stereocenters. The molecule has 5 nitrogen and oxygen atoms in total. The molecule has 0 aliphatic carbocycles. The van der Waals surface area contributed by atoms with Crippen molar-refractivity contribution < 1.29 is 0 Å².